The summed E-state index contributed by atoms with van der Waals surface area (Å²) in [4.78, 5) is 35.4. The van der Waals surface area contributed by atoms with Crippen LogP contribution in [0.3, 0.4) is 0 Å². The number of carbonyl (C=O) groups is 3. The van der Waals surface area contributed by atoms with E-state index in [0.29, 0.717) is 9.90 Å². The fourth-order valence-corrected chi connectivity index (χ4v) is 3.57. The number of benzene rings is 1. The Labute approximate surface area is 147 Å². The van der Waals surface area contributed by atoms with Crippen LogP contribution in [0.1, 0.15) is 23.5 Å². The van der Waals surface area contributed by atoms with Crippen molar-refractivity contribution in [3.63, 3.8) is 0 Å². The molecule has 1 atom stereocenters. The molecule has 2 rings (SSSR count). The van der Waals surface area contributed by atoms with Gasteiger partial charge in [0.25, 0.3) is 5.91 Å². The fraction of sp³-hybridized carbons (Fsp3) is 0.312. The van der Waals surface area contributed by atoms with Crippen LogP contribution in [0.2, 0.25) is 5.02 Å². The lowest BCUT2D eigenvalue weighted by molar-refractivity contribution is -0.142. The first-order valence-corrected chi connectivity index (χ1v) is 8.48. The Hall–Kier alpha value is -2.12. The first kappa shape index (κ1) is 18.2. The lowest BCUT2D eigenvalue weighted by Crippen LogP contribution is -2.48. The number of halogens is 1. The molecule has 2 amide bonds. The third-order valence-electron chi connectivity index (χ3n) is 3.40. The number of hydrogen-bond acceptors (Lipinski definition) is 4. The van der Waals surface area contributed by atoms with Crippen LogP contribution in [0.5, 0.6) is 0 Å². The number of rotatable bonds is 6. The van der Waals surface area contributed by atoms with Crippen molar-refractivity contribution in [1.82, 2.24) is 10.6 Å². The van der Waals surface area contributed by atoms with E-state index < -0.39 is 23.8 Å². The van der Waals surface area contributed by atoms with Crippen LogP contribution in [0, 0.1) is 5.92 Å². The summed E-state index contributed by atoms with van der Waals surface area (Å²) in [7, 11) is 0. The molecule has 0 fully saturated rings. The van der Waals surface area contributed by atoms with Gasteiger partial charge in [-0.05, 0) is 12.0 Å². The molecule has 1 aromatic carbocycles. The van der Waals surface area contributed by atoms with E-state index >= 15 is 0 Å². The molecule has 1 heterocycles. The van der Waals surface area contributed by atoms with Gasteiger partial charge < -0.3 is 15.7 Å². The van der Waals surface area contributed by atoms with Gasteiger partial charge in [0, 0.05) is 10.1 Å². The Morgan fingerprint density at radius 2 is 1.92 bits per heavy atom. The molecule has 2 aromatic rings. The molecule has 0 aliphatic heterocycles. The molecule has 6 nitrogen and oxygen atoms in total. The Morgan fingerprint density at radius 3 is 2.50 bits per heavy atom. The first-order chi connectivity index (χ1) is 11.3. The predicted molar refractivity (Wildman–Crippen MR) is 93.6 cm³/mol. The average Bonchev–Trinajstić information content (AvgIpc) is 2.87. The minimum atomic E-state index is -1.11. The van der Waals surface area contributed by atoms with Crippen molar-refractivity contribution in [2.24, 2.45) is 5.92 Å². The van der Waals surface area contributed by atoms with E-state index in [4.69, 9.17) is 16.7 Å². The van der Waals surface area contributed by atoms with Gasteiger partial charge in [-0.15, -0.1) is 11.3 Å². The van der Waals surface area contributed by atoms with Crippen molar-refractivity contribution in [1.29, 1.82) is 0 Å². The molecular weight excluding hydrogens is 352 g/mol. The molecule has 0 unspecified atom stereocenters. The summed E-state index contributed by atoms with van der Waals surface area (Å²) >= 11 is 7.44. The summed E-state index contributed by atoms with van der Waals surface area (Å²) in [6.45, 7) is 3.06. The van der Waals surface area contributed by atoms with Crippen molar-refractivity contribution in [3.05, 3.63) is 34.2 Å². The second-order valence-corrected chi connectivity index (χ2v) is 6.98. The Balaban J connectivity index is 2.00. The molecule has 0 saturated carbocycles. The molecule has 0 aliphatic rings. The highest BCUT2D eigenvalue weighted by Gasteiger charge is 2.24. The summed E-state index contributed by atoms with van der Waals surface area (Å²) in [5.41, 5.74) is 0. The highest BCUT2D eigenvalue weighted by molar-refractivity contribution is 7.21. The van der Waals surface area contributed by atoms with Gasteiger partial charge in [0.2, 0.25) is 5.91 Å². The normalized spacial score (nSPS) is 12.2. The highest BCUT2D eigenvalue weighted by atomic mass is 35.5. The fourth-order valence-electron chi connectivity index (χ4n) is 2.14. The number of carboxylic acid groups (broad SMARTS) is 1. The van der Waals surface area contributed by atoms with Crippen LogP contribution in [0.25, 0.3) is 10.1 Å². The molecule has 128 valence electrons. The first-order valence-electron chi connectivity index (χ1n) is 7.28. The Morgan fingerprint density at radius 1 is 1.25 bits per heavy atom. The Bertz CT molecular complexity index is 787. The maximum Gasteiger partial charge on any atom is 0.326 e. The summed E-state index contributed by atoms with van der Waals surface area (Å²) in [6, 6.07) is 6.35. The van der Waals surface area contributed by atoms with Crippen LogP contribution in [0.15, 0.2) is 24.3 Å². The number of carbonyl (C=O) groups excluding carboxylic acids is 2. The Kier molecular flexibility index (Phi) is 5.80. The van der Waals surface area contributed by atoms with Gasteiger partial charge in [-0.2, -0.15) is 0 Å². The van der Waals surface area contributed by atoms with E-state index in [1.807, 2.05) is 24.3 Å². The number of fused-ring (bicyclic) bond motifs is 1. The number of hydrogen-bond donors (Lipinski definition) is 3. The maximum atomic E-state index is 12.2. The largest absolute Gasteiger partial charge is 0.480 e. The summed E-state index contributed by atoms with van der Waals surface area (Å²) < 4.78 is 0.878. The minimum absolute atomic E-state index is 0.265. The molecule has 1 aromatic heterocycles. The standard InChI is InChI=1S/C16H17ClN2O4S/c1-8(2)13(16(22)23)19-11(20)7-18-15(21)14-12(17)9-5-3-4-6-10(9)24-14/h3-6,8,13H,7H2,1-2H3,(H,18,21)(H,19,20)(H,22,23)/t13-/m0/s1. The summed E-state index contributed by atoms with van der Waals surface area (Å²) in [5.74, 6) is -2.41. The molecule has 3 N–H and O–H groups in total. The third kappa shape index (κ3) is 4.04. The number of aliphatic carboxylic acids is 1. The van der Waals surface area contributed by atoms with Gasteiger partial charge in [0.15, 0.2) is 0 Å². The second-order valence-electron chi connectivity index (χ2n) is 5.55. The van der Waals surface area contributed by atoms with E-state index in [-0.39, 0.29) is 12.5 Å². The van der Waals surface area contributed by atoms with Gasteiger partial charge >= 0.3 is 5.97 Å². The lowest BCUT2D eigenvalue weighted by atomic mass is 10.1. The number of carboxylic acids is 1. The molecule has 0 radical (unpaired) electrons. The molecule has 0 bridgehead atoms. The minimum Gasteiger partial charge on any atom is -0.480 e. The quantitative estimate of drug-likeness (QED) is 0.730. The average molecular weight is 369 g/mol. The molecular formula is C16H17ClN2O4S. The van der Waals surface area contributed by atoms with Gasteiger partial charge in [-0.3, -0.25) is 9.59 Å². The molecule has 0 saturated heterocycles. The van der Waals surface area contributed by atoms with Crippen molar-refractivity contribution in [2.45, 2.75) is 19.9 Å². The lowest BCUT2D eigenvalue weighted by Gasteiger charge is -2.17. The SMILES string of the molecule is CC(C)[C@H](NC(=O)CNC(=O)c1sc2ccccc2c1Cl)C(=O)O. The van der Waals surface area contributed by atoms with Gasteiger partial charge in [-0.1, -0.05) is 43.6 Å². The van der Waals surface area contributed by atoms with Crippen LogP contribution < -0.4 is 10.6 Å². The zero-order valence-electron chi connectivity index (χ0n) is 13.1. The number of amides is 2. The molecule has 24 heavy (non-hydrogen) atoms. The molecule has 0 spiro atoms. The third-order valence-corrected chi connectivity index (χ3v) is 5.07. The van der Waals surface area contributed by atoms with Gasteiger partial charge in [-0.25, -0.2) is 4.79 Å². The summed E-state index contributed by atoms with van der Waals surface area (Å²) in [5, 5.41) is 15.0. The van der Waals surface area contributed by atoms with E-state index in [2.05, 4.69) is 10.6 Å². The van der Waals surface area contributed by atoms with Gasteiger partial charge in [0.05, 0.1) is 11.6 Å². The molecule has 0 aliphatic carbocycles. The predicted octanol–water partition coefficient (Wildman–Crippen LogP) is 2.51. The van der Waals surface area contributed by atoms with E-state index in [9.17, 15) is 14.4 Å². The van der Waals surface area contributed by atoms with E-state index in [1.54, 1.807) is 13.8 Å². The monoisotopic (exact) mass is 368 g/mol. The molecule has 8 heteroatoms. The van der Waals surface area contributed by atoms with Crippen molar-refractivity contribution in [2.75, 3.05) is 6.54 Å². The topological polar surface area (TPSA) is 95.5 Å². The second kappa shape index (κ2) is 7.63. The van der Waals surface area contributed by atoms with Crippen LogP contribution in [-0.2, 0) is 9.59 Å². The van der Waals surface area contributed by atoms with E-state index in [1.165, 1.54) is 11.3 Å². The smallest absolute Gasteiger partial charge is 0.326 e. The highest BCUT2D eigenvalue weighted by Crippen LogP contribution is 2.34. The van der Waals surface area contributed by atoms with Crippen LogP contribution in [-0.4, -0.2) is 35.5 Å². The van der Waals surface area contributed by atoms with Gasteiger partial charge in [0.1, 0.15) is 10.9 Å². The zero-order chi connectivity index (χ0) is 17.9. The van der Waals surface area contributed by atoms with Crippen molar-refractivity contribution in [3.8, 4) is 0 Å². The number of nitrogens with one attached hydrogen (secondary N) is 2. The van der Waals surface area contributed by atoms with Crippen LogP contribution in [0.4, 0.5) is 0 Å². The van der Waals surface area contributed by atoms with Crippen molar-refractivity contribution >= 4 is 50.8 Å². The number of thiophene rings is 1. The van der Waals surface area contributed by atoms with Crippen LogP contribution >= 0.6 is 22.9 Å². The summed E-state index contributed by atoms with van der Waals surface area (Å²) in [6.07, 6.45) is 0. The maximum absolute atomic E-state index is 12.2. The van der Waals surface area contributed by atoms with Crippen molar-refractivity contribution < 1.29 is 19.5 Å². The van der Waals surface area contributed by atoms with E-state index in [0.717, 1.165) is 10.1 Å². The zero-order valence-corrected chi connectivity index (χ0v) is 14.7.